The molecule has 0 aliphatic carbocycles. The van der Waals surface area contributed by atoms with E-state index in [1.165, 1.54) is 6.20 Å². The molecule has 0 spiro atoms. The van der Waals surface area contributed by atoms with Crippen molar-refractivity contribution in [3.8, 4) is 11.5 Å². The van der Waals surface area contributed by atoms with Crippen LogP contribution in [0.2, 0.25) is 10.0 Å². The van der Waals surface area contributed by atoms with Crippen molar-refractivity contribution in [1.82, 2.24) is 15.6 Å². The second kappa shape index (κ2) is 8.13. The standard InChI is InChI=1S/C16H16Cl2N4O3/c17-11-6-12(18)15(21-8-11)19-3-4-20-16(23)22-7-10-1-2-13-14(5-10)25-9-24-13/h1-2,5-6,8H,3-4,7,9H2,(H,19,21)(H2,20,22,23). The fraction of sp³-hybridized carbons (Fsp3) is 0.250. The molecule has 2 amide bonds. The minimum atomic E-state index is -0.269. The Morgan fingerprint density at radius 1 is 1.12 bits per heavy atom. The zero-order valence-corrected chi connectivity index (χ0v) is 14.7. The summed E-state index contributed by atoms with van der Waals surface area (Å²) in [5, 5.41) is 9.44. The van der Waals surface area contributed by atoms with E-state index in [4.69, 9.17) is 32.7 Å². The van der Waals surface area contributed by atoms with E-state index in [2.05, 4.69) is 20.9 Å². The summed E-state index contributed by atoms with van der Waals surface area (Å²) in [5.74, 6) is 1.93. The lowest BCUT2D eigenvalue weighted by atomic mass is 10.2. The summed E-state index contributed by atoms with van der Waals surface area (Å²) < 4.78 is 10.5. The molecule has 0 bridgehead atoms. The van der Waals surface area contributed by atoms with Gasteiger partial charge in [-0.15, -0.1) is 0 Å². The largest absolute Gasteiger partial charge is 0.454 e. The van der Waals surface area contributed by atoms with E-state index in [1.807, 2.05) is 18.2 Å². The first-order valence-electron chi connectivity index (χ1n) is 7.57. The third-order valence-electron chi connectivity index (χ3n) is 3.40. The van der Waals surface area contributed by atoms with Gasteiger partial charge in [0.2, 0.25) is 6.79 Å². The average molecular weight is 383 g/mol. The van der Waals surface area contributed by atoms with Gasteiger partial charge in [0.25, 0.3) is 0 Å². The number of fused-ring (bicyclic) bond motifs is 1. The molecule has 3 rings (SSSR count). The molecule has 0 atom stereocenters. The van der Waals surface area contributed by atoms with Gasteiger partial charge in [-0.1, -0.05) is 29.3 Å². The molecule has 3 N–H and O–H groups in total. The number of amides is 2. The topological polar surface area (TPSA) is 84.5 Å². The van der Waals surface area contributed by atoms with Crippen molar-refractivity contribution in [2.24, 2.45) is 0 Å². The molecular weight excluding hydrogens is 367 g/mol. The highest BCUT2D eigenvalue weighted by Crippen LogP contribution is 2.32. The Kier molecular flexibility index (Phi) is 5.67. The third kappa shape index (κ3) is 4.80. The molecule has 1 aromatic heterocycles. The Morgan fingerprint density at radius 3 is 2.80 bits per heavy atom. The molecule has 132 valence electrons. The summed E-state index contributed by atoms with van der Waals surface area (Å²) in [4.78, 5) is 15.9. The van der Waals surface area contributed by atoms with Crippen LogP contribution < -0.4 is 25.4 Å². The summed E-state index contributed by atoms with van der Waals surface area (Å²) in [7, 11) is 0. The highest BCUT2D eigenvalue weighted by Gasteiger charge is 2.13. The number of aromatic nitrogens is 1. The number of hydrogen-bond acceptors (Lipinski definition) is 5. The molecule has 7 nitrogen and oxygen atoms in total. The molecule has 1 aliphatic heterocycles. The molecule has 0 saturated heterocycles. The second-order valence-electron chi connectivity index (χ2n) is 5.21. The van der Waals surface area contributed by atoms with Gasteiger partial charge in [0.1, 0.15) is 5.82 Å². The fourth-order valence-electron chi connectivity index (χ4n) is 2.20. The first kappa shape index (κ1) is 17.4. The number of nitrogens with zero attached hydrogens (tertiary/aromatic N) is 1. The third-order valence-corrected chi connectivity index (χ3v) is 3.90. The van der Waals surface area contributed by atoms with Crippen molar-refractivity contribution in [2.45, 2.75) is 6.54 Å². The van der Waals surface area contributed by atoms with Gasteiger partial charge in [0.05, 0.1) is 10.0 Å². The number of ether oxygens (including phenoxy) is 2. The summed E-state index contributed by atoms with van der Waals surface area (Å²) in [6.45, 7) is 1.51. The van der Waals surface area contributed by atoms with Crippen LogP contribution in [0, 0.1) is 0 Å². The highest BCUT2D eigenvalue weighted by atomic mass is 35.5. The van der Waals surface area contributed by atoms with Crippen LogP contribution in [-0.2, 0) is 6.54 Å². The van der Waals surface area contributed by atoms with Gasteiger partial charge in [0.15, 0.2) is 11.5 Å². The quantitative estimate of drug-likeness (QED) is 0.668. The predicted octanol–water partition coefficient (Wildman–Crippen LogP) is 3.03. The van der Waals surface area contributed by atoms with Gasteiger partial charge < -0.3 is 25.4 Å². The highest BCUT2D eigenvalue weighted by molar-refractivity contribution is 6.35. The second-order valence-corrected chi connectivity index (χ2v) is 6.05. The Morgan fingerprint density at radius 2 is 1.96 bits per heavy atom. The molecule has 9 heteroatoms. The van der Waals surface area contributed by atoms with Crippen LogP contribution in [0.5, 0.6) is 11.5 Å². The van der Waals surface area contributed by atoms with E-state index < -0.39 is 0 Å². The number of hydrogen-bond donors (Lipinski definition) is 3. The molecule has 2 aromatic rings. The van der Waals surface area contributed by atoms with E-state index in [1.54, 1.807) is 6.07 Å². The van der Waals surface area contributed by atoms with E-state index >= 15 is 0 Å². The van der Waals surface area contributed by atoms with Gasteiger partial charge in [-0.3, -0.25) is 0 Å². The van der Waals surface area contributed by atoms with Gasteiger partial charge in [-0.05, 0) is 23.8 Å². The number of pyridine rings is 1. The van der Waals surface area contributed by atoms with E-state index in [-0.39, 0.29) is 12.8 Å². The molecule has 0 radical (unpaired) electrons. The lowest BCUT2D eigenvalue weighted by Gasteiger charge is -2.10. The summed E-state index contributed by atoms with van der Waals surface area (Å²) >= 11 is 11.8. The Bertz CT molecular complexity index is 773. The van der Waals surface area contributed by atoms with Crippen LogP contribution in [-0.4, -0.2) is 30.9 Å². The van der Waals surface area contributed by atoms with Gasteiger partial charge in [-0.2, -0.15) is 0 Å². The lowest BCUT2D eigenvalue weighted by molar-refractivity contribution is 0.174. The number of anilines is 1. The van der Waals surface area contributed by atoms with Crippen molar-refractivity contribution in [3.05, 3.63) is 46.1 Å². The molecule has 1 aromatic carbocycles. The summed E-state index contributed by atoms with van der Waals surface area (Å²) in [5.41, 5.74) is 0.926. The minimum absolute atomic E-state index is 0.228. The molecular formula is C16H16Cl2N4O3. The number of carbonyl (C=O) groups excluding carboxylic acids is 1. The first-order valence-corrected chi connectivity index (χ1v) is 8.32. The Hall–Kier alpha value is -2.38. The average Bonchev–Trinajstić information content (AvgIpc) is 3.06. The van der Waals surface area contributed by atoms with Gasteiger partial charge >= 0.3 is 6.03 Å². The molecule has 0 saturated carbocycles. The van der Waals surface area contributed by atoms with E-state index in [0.29, 0.717) is 47.0 Å². The first-order chi connectivity index (χ1) is 12.1. The lowest BCUT2D eigenvalue weighted by Crippen LogP contribution is -2.37. The smallest absolute Gasteiger partial charge is 0.315 e. The number of halogens is 2. The molecule has 0 unspecified atom stereocenters. The Labute approximate surface area is 154 Å². The Balaban J connectivity index is 1.37. The number of nitrogens with one attached hydrogen (secondary N) is 3. The van der Waals surface area contributed by atoms with Crippen LogP contribution in [0.25, 0.3) is 0 Å². The van der Waals surface area contributed by atoms with E-state index in [0.717, 1.165) is 5.56 Å². The maximum atomic E-state index is 11.8. The number of benzene rings is 1. The normalized spacial score (nSPS) is 11.9. The maximum absolute atomic E-state index is 11.8. The van der Waals surface area contributed by atoms with Crippen LogP contribution in [0.1, 0.15) is 5.56 Å². The maximum Gasteiger partial charge on any atom is 0.315 e. The van der Waals surface area contributed by atoms with Crippen molar-refractivity contribution in [1.29, 1.82) is 0 Å². The van der Waals surface area contributed by atoms with Crippen molar-refractivity contribution >= 4 is 35.1 Å². The number of carbonyl (C=O) groups is 1. The molecule has 0 fully saturated rings. The SMILES string of the molecule is O=C(NCCNc1ncc(Cl)cc1Cl)NCc1ccc2c(c1)OCO2. The van der Waals surface area contributed by atoms with Crippen molar-refractivity contribution < 1.29 is 14.3 Å². The van der Waals surface area contributed by atoms with E-state index in [9.17, 15) is 4.79 Å². The van der Waals surface area contributed by atoms with Crippen molar-refractivity contribution in [2.75, 3.05) is 25.2 Å². The predicted molar refractivity (Wildman–Crippen MR) is 95.6 cm³/mol. The fourth-order valence-corrected chi connectivity index (χ4v) is 2.64. The van der Waals surface area contributed by atoms with Gasteiger partial charge in [-0.25, -0.2) is 9.78 Å². The molecule has 1 aliphatic rings. The van der Waals surface area contributed by atoms with Crippen LogP contribution in [0.15, 0.2) is 30.5 Å². The van der Waals surface area contributed by atoms with Gasteiger partial charge in [0, 0.05) is 25.8 Å². The summed E-state index contributed by atoms with van der Waals surface area (Å²) in [6.07, 6.45) is 1.50. The van der Waals surface area contributed by atoms with Crippen LogP contribution in [0.3, 0.4) is 0 Å². The number of urea groups is 1. The zero-order chi connectivity index (χ0) is 17.6. The molecule has 2 heterocycles. The van der Waals surface area contributed by atoms with Crippen molar-refractivity contribution in [3.63, 3.8) is 0 Å². The minimum Gasteiger partial charge on any atom is -0.454 e. The van der Waals surface area contributed by atoms with Crippen LogP contribution >= 0.6 is 23.2 Å². The molecule has 25 heavy (non-hydrogen) atoms. The summed E-state index contributed by atoms with van der Waals surface area (Å²) in [6, 6.07) is 6.88. The zero-order valence-electron chi connectivity index (χ0n) is 13.1. The van der Waals surface area contributed by atoms with Crippen LogP contribution in [0.4, 0.5) is 10.6 Å². The number of rotatable bonds is 6. The monoisotopic (exact) mass is 382 g/mol.